The molecule has 3 fully saturated rings. The Bertz CT molecular complexity index is 2420. The number of nitrogens with one attached hydrogen (secondary N) is 2. The van der Waals surface area contributed by atoms with Crippen LogP contribution in [0, 0.1) is 22.2 Å². The summed E-state index contributed by atoms with van der Waals surface area (Å²) >= 11 is 0. The lowest BCUT2D eigenvalue weighted by molar-refractivity contribution is -0.163. The smallest absolute Gasteiger partial charge is 0.262 e. The molecule has 2 N–H and O–H groups in total. The summed E-state index contributed by atoms with van der Waals surface area (Å²) in [5.41, 5.74) is 2.37. The van der Waals surface area contributed by atoms with Crippen molar-refractivity contribution in [2.24, 2.45) is 10.8 Å². The molecule has 14 nitrogen and oxygen atoms in total. The van der Waals surface area contributed by atoms with Crippen LogP contribution >= 0.6 is 0 Å². The molecule has 4 heterocycles. The summed E-state index contributed by atoms with van der Waals surface area (Å²) in [7, 11) is 0. The van der Waals surface area contributed by atoms with Crippen LogP contribution < -0.4 is 25.0 Å². The van der Waals surface area contributed by atoms with E-state index >= 15 is 0 Å². The molecule has 3 aromatic carbocycles. The summed E-state index contributed by atoms with van der Waals surface area (Å²) in [6, 6.07) is 20.9. The maximum Gasteiger partial charge on any atom is 0.262 e. The van der Waals surface area contributed by atoms with Gasteiger partial charge in [-0.25, -0.2) is 0 Å². The van der Waals surface area contributed by atoms with Gasteiger partial charge < -0.3 is 19.7 Å². The second-order valence-electron chi connectivity index (χ2n) is 17.6. The Morgan fingerprint density at radius 3 is 2.36 bits per heavy atom. The van der Waals surface area contributed by atoms with Crippen LogP contribution in [0.4, 0.5) is 5.69 Å². The van der Waals surface area contributed by atoms with E-state index in [-0.39, 0.29) is 47.3 Å². The van der Waals surface area contributed by atoms with Crippen LogP contribution in [0.15, 0.2) is 72.9 Å². The van der Waals surface area contributed by atoms with E-state index in [9.17, 15) is 29.2 Å². The molecule has 1 aliphatic carbocycles. The third-order valence-corrected chi connectivity index (χ3v) is 12.9. The Kier molecular flexibility index (Phi) is 11.3. The fourth-order valence-corrected chi connectivity index (χ4v) is 9.87. The summed E-state index contributed by atoms with van der Waals surface area (Å²) in [6.07, 6.45) is 4.65. The molecule has 1 unspecified atom stereocenters. The first-order valence-electron chi connectivity index (χ1n) is 21.1. The van der Waals surface area contributed by atoms with Crippen molar-refractivity contribution >= 4 is 46.1 Å². The first kappa shape index (κ1) is 41.4. The van der Waals surface area contributed by atoms with Crippen LogP contribution in [-0.4, -0.2) is 102 Å². The van der Waals surface area contributed by atoms with Crippen LogP contribution in [0.25, 0.3) is 10.9 Å². The number of amides is 5. The monoisotopic (exact) mass is 825 g/mol. The highest BCUT2D eigenvalue weighted by Crippen LogP contribution is 2.56. The number of hydrogen-bond donors (Lipinski definition) is 2. The van der Waals surface area contributed by atoms with Crippen molar-refractivity contribution in [1.82, 2.24) is 25.4 Å². The number of aromatic nitrogens is 1. The highest BCUT2D eigenvalue weighted by molar-refractivity contribution is 6.23. The molecule has 4 aromatic rings. The normalized spacial score (nSPS) is 22.0. The SMILES string of the molecule is CC1(C)[C@H](NC(=O)c2ccc(OCCCCCN3CCN(c4ccc5c(c4)C(=O)N(C4CCC(=O)NC4=O)C5=O)CC3)cc2)C(C)(C)[C@H]1Oc1ccc(C#N)c2ncccc12. The number of ether oxygens (including phenoxy) is 2. The molecular formula is C47H51N7O7. The van der Waals surface area contributed by atoms with Gasteiger partial charge in [-0.1, -0.05) is 27.7 Å². The van der Waals surface area contributed by atoms with Crippen molar-refractivity contribution in [2.75, 3.05) is 44.2 Å². The van der Waals surface area contributed by atoms with Gasteiger partial charge in [0.2, 0.25) is 11.8 Å². The Labute approximate surface area is 355 Å². The molecule has 3 aliphatic heterocycles. The highest BCUT2D eigenvalue weighted by Gasteiger charge is 2.64. The van der Waals surface area contributed by atoms with Gasteiger partial charge in [-0.15, -0.1) is 0 Å². The predicted octanol–water partition coefficient (Wildman–Crippen LogP) is 5.49. The number of nitrogens with zero attached hydrogens (tertiary/aromatic N) is 5. The maximum absolute atomic E-state index is 13.5. The zero-order valence-electron chi connectivity index (χ0n) is 35.0. The number of rotatable bonds is 13. The van der Waals surface area contributed by atoms with Gasteiger partial charge in [0.15, 0.2) is 0 Å². The molecule has 4 aliphatic rings. The van der Waals surface area contributed by atoms with Gasteiger partial charge in [-0.2, -0.15) is 5.26 Å². The van der Waals surface area contributed by atoms with Gasteiger partial charge in [0.1, 0.15) is 29.7 Å². The summed E-state index contributed by atoms with van der Waals surface area (Å²) in [5, 5.41) is 15.8. The van der Waals surface area contributed by atoms with Crippen molar-refractivity contribution < 1.29 is 33.4 Å². The Hall–Kier alpha value is -6.33. The quantitative estimate of drug-likeness (QED) is 0.129. The van der Waals surface area contributed by atoms with Crippen LogP contribution in [-0.2, 0) is 9.59 Å². The van der Waals surface area contributed by atoms with Crippen LogP contribution in [0.5, 0.6) is 11.5 Å². The lowest BCUT2D eigenvalue weighted by atomic mass is 9.49. The van der Waals surface area contributed by atoms with Gasteiger partial charge in [0.25, 0.3) is 17.7 Å². The standard InChI is InChI=1S/C47H51N7O7/c1-46(2)44(47(3,4)45(46)61-37-18-12-30(28-48)39-34(37)9-8-20-49-39)51-40(56)29-10-14-32(15-11-29)60-26-7-5-6-21-52-22-24-53(25-23-52)31-13-16-33-35(27-31)43(59)54(42(33)58)36-17-19-38(55)50-41(36)57/h8-16,18,20,27,36,44-45H,5-7,17,19,21-26H2,1-4H3,(H,51,56)(H,50,55,57)/t36?,44-,45-. The second kappa shape index (κ2) is 16.6. The zero-order chi connectivity index (χ0) is 43.1. The molecule has 61 heavy (non-hydrogen) atoms. The van der Waals surface area contributed by atoms with E-state index in [2.05, 4.69) is 59.2 Å². The summed E-state index contributed by atoms with van der Waals surface area (Å²) < 4.78 is 12.6. The number of carbonyl (C=O) groups is 5. The van der Waals surface area contributed by atoms with Crippen LogP contribution in [0.1, 0.15) is 96.4 Å². The molecule has 5 amide bonds. The minimum atomic E-state index is -0.977. The minimum absolute atomic E-state index is 0.0874. The number of fused-ring (bicyclic) bond motifs is 2. The van der Waals surface area contributed by atoms with E-state index < -0.39 is 29.7 Å². The van der Waals surface area contributed by atoms with E-state index in [0.717, 1.165) is 73.7 Å². The van der Waals surface area contributed by atoms with E-state index in [0.29, 0.717) is 34.6 Å². The Balaban J connectivity index is 0.744. The van der Waals surface area contributed by atoms with Crippen molar-refractivity contribution in [2.45, 2.75) is 78.0 Å². The number of nitriles is 1. The summed E-state index contributed by atoms with van der Waals surface area (Å²) in [6.45, 7) is 13.3. The fourth-order valence-electron chi connectivity index (χ4n) is 9.87. The topological polar surface area (TPSA) is 174 Å². The maximum atomic E-state index is 13.5. The average Bonchev–Trinajstić information content (AvgIpc) is 3.50. The number of hydrogen-bond acceptors (Lipinski definition) is 11. The van der Waals surface area contributed by atoms with Gasteiger partial charge >= 0.3 is 0 Å². The van der Waals surface area contributed by atoms with Gasteiger partial charge in [-0.05, 0) is 99.0 Å². The largest absolute Gasteiger partial charge is 0.494 e. The van der Waals surface area contributed by atoms with Crippen LogP contribution in [0.2, 0.25) is 0 Å². The third kappa shape index (κ3) is 7.90. The van der Waals surface area contributed by atoms with Crippen molar-refractivity contribution in [1.29, 1.82) is 5.26 Å². The molecule has 0 bridgehead atoms. The molecular weight excluding hydrogens is 775 g/mol. The number of pyridine rings is 1. The fraction of sp³-hybridized carbons (Fsp3) is 0.426. The molecule has 0 radical (unpaired) electrons. The van der Waals surface area contributed by atoms with Crippen molar-refractivity contribution in [3.8, 4) is 17.6 Å². The third-order valence-electron chi connectivity index (χ3n) is 12.9. The average molecular weight is 826 g/mol. The first-order valence-corrected chi connectivity index (χ1v) is 21.1. The molecule has 8 rings (SSSR count). The molecule has 14 heteroatoms. The van der Waals surface area contributed by atoms with E-state index in [1.807, 2.05) is 36.4 Å². The number of piperazine rings is 1. The number of piperidine rings is 1. The molecule has 1 atom stereocenters. The molecule has 316 valence electrons. The number of benzene rings is 3. The lowest BCUT2D eigenvalue weighted by Gasteiger charge is -2.63. The molecule has 0 spiro atoms. The summed E-state index contributed by atoms with van der Waals surface area (Å²) in [5.74, 6) is -0.763. The van der Waals surface area contributed by atoms with Gasteiger partial charge in [0, 0.05) is 72.3 Å². The number of unbranched alkanes of at least 4 members (excludes halogenated alkanes) is 2. The number of anilines is 1. The second-order valence-corrected chi connectivity index (χ2v) is 17.6. The van der Waals surface area contributed by atoms with Gasteiger partial charge in [-0.3, -0.25) is 44.1 Å². The van der Waals surface area contributed by atoms with Crippen LogP contribution in [0.3, 0.4) is 0 Å². The van der Waals surface area contributed by atoms with Crippen molar-refractivity contribution in [3.05, 3.63) is 95.2 Å². The van der Waals surface area contributed by atoms with E-state index in [1.165, 1.54) is 0 Å². The molecule has 1 aromatic heterocycles. The number of carbonyl (C=O) groups excluding carboxylic acids is 5. The lowest BCUT2D eigenvalue weighted by Crippen LogP contribution is -2.74. The molecule has 2 saturated heterocycles. The van der Waals surface area contributed by atoms with E-state index in [4.69, 9.17) is 9.47 Å². The predicted molar refractivity (Wildman–Crippen MR) is 227 cm³/mol. The number of imide groups is 2. The van der Waals surface area contributed by atoms with Gasteiger partial charge in [0.05, 0.1) is 28.8 Å². The summed E-state index contributed by atoms with van der Waals surface area (Å²) in [4.78, 5) is 73.9. The highest BCUT2D eigenvalue weighted by atomic mass is 16.5. The molecule has 1 saturated carbocycles. The zero-order valence-corrected chi connectivity index (χ0v) is 35.0. The first-order chi connectivity index (χ1) is 29.3. The van der Waals surface area contributed by atoms with E-state index in [1.54, 1.807) is 36.5 Å². The van der Waals surface area contributed by atoms with Crippen molar-refractivity contribution in [3.63, 3.8) is 0 Å². The Morgan fingerprint density at radius 2 is 1.64 bits per heavy atom. The Morgan fingerprint density at radius 1 is 0.902 bits per heavy atom. The minimum Gasteiger partial charge on any atom is -0.494 e.